The van der Waals surface area contributed by atoms with Gasteiger partial charge in [0.15, 0.2) is 4.34 Å². The molecule has 90 valence electrons. The van der Waals surface area contributed by atoms with E-state index in [9.17, 15) is 0 Å². The van der Waals surface area contributed by atoms with E-state index in [1.54, 1.807) is 23.1 Å². The van der Waals surface area contributed by atoms with Crippen LogP contribution in [-0.2, 0) is 0 Å². The minimum absolute atomic E-state index is 1.07. The van der Waals surface area contributed by atoms with Crippen molar-refractivity contribution in [2.75, 3.05) is 0 Å². The van der Waals surface area contributed by atoms with E-state index >= 15 is 0 Å². The number of rotatable bonds is 2. The summed E-state index contributed by atoms with van der Waals surface area (Å²) in [7, 11) is 0. The molecular weight excluding hydrogens is 326 g/mol. The third-order valence-corrected chi connectivity index (χ3v) is 5.14. The maximum atomic E-state index is 4.63. The Kier molecular flexibility index (Phi) is 3.41. The van der Waals surface area contributed by atoms with Crippen molar-refractivity contribution in [3.05, 3.63) is 52.5 Å². The van der Waals surface area contributed by atoms with Crippen LogP contribution in [0, 0.1) is 6.92 Å². The number of nitrogens with zero attached hydrogens (tertiary/aromatic N) is 1. The van der Waals surface area contributed by atoms with Crippen LogP contribution in [0.4, 0.5) is 0 Å². The van der Waals surface area contributed by atoms with Crippen molar-refractivity contribution < 1.29 is 0 Å². The minimum atomic E-state index is 1.07. The lowest BCUT2D eigenvalue weighted by molar-refractivity contribution is 1.29. The summed E-state index contributed by atoms with van der Waals surface area (Å²) in [6.45, 7) is 2.10. The Bertz CT molecular complexity index is 689. The van der Waals surface area contributed by atoms with Gasteiger partial charge in [-0.05, 0) is 37.3 Å². The van der Waals surface area contributed by atoms with Gasteiger partial charge in [0, 0.05) is 9.37 Å². The Morgan fingerprint density at radius 2 is 1.89 bits per heavy atom. The number of benzene rings is 2. The summed E-state index contributed by atoms with van der Waals surface area (Å²) >= 11 is 6.94. The van der Waals surface area contributed by atoms with Crippen LogP contribution in [0.15, 0.2) is 56.2 Å². The van der Waals surface area contributed by atoms with Crippen LogP contribution >= 0.6 is 39.0 Å². The van der Waals surface area contributed by atoms with Gasteiger partial charge in [0.2, 0.25) is 0 Å². The van der Waals surface area contributed by atoms with E-state index in [0.29, 0.717) is 0 Å². The Balaban J connectivity index is 1.92. The van der Waals surface area contributed by atoms with Gasteiger partial charge >= 0.3 is 0 Å². The van der Waals surface area contributed by atoms with E-state index in [1.807, 2.05) is 6.07 Å². The standard InChI is InChI=1S/C14H10BrNS2/c1-9-2-5-11(6-3-9)17-14-16-12-7-4-10(15)8-13(12)18-14/h2-8H,1H3. The second kappa shape index (κ2) is 5.03. The third kappa shape index (κ3) is 2.60. The number of hydrogen-bond acceptors (Lipinski definition) is 3. The molecule has 0 aliphatic carbocycles. The van der Waals surface area contributed by atoms with E-state index < -0.39 is 0 Å². The number of aromatic nitrogens is 1. The fourth-order valence-electron chi connectivity index (χ4n) is 1.63. The molecule has 18 heavy (non-hydrogen) atoms. The number of halogens is 1. The van der Waals surface area contributed by atoms with Crippen LogP contribution in [-0.4, -0.2) is 4.98 Å². The maximum absolute atomic E-state index is 4.63. The first-order valence-corrected chi connectivity index (χ1v) is 7.94. The number of thiazole rings is 1. The Hall–Kier alpha value is -0.840. The molecule has 0 saturated heterocycles. The van der Waals surface area contributed by atoms with E-state index in [-0.39, 0.29) is 0 Å². The quantitative estimate of drug-likeness (QED) is 0.611. The van der Waals surface area contributed by atoms with Crippen molar-refractivity contribution in [1.82, 2.24) is 4.98 Å². The van der Waals surface area contributed by atoms with E-state index in [1.165, 1.54) is 15.2 Å². The Morgan fingerprint density at radius 3 is 2.67 bits per heavy atom. The van der Waals surface area contributed by atoms with E-state index in [2.05, 4.69) is 64.2 Å². The van der Waals surface area contributed by atoms with Crippen LogP contribution in [0.1, 0.15) is 5.56 Å². The SMILES string of the molecule is Cc1ccc(Sc2nc3ccc(Br)cc3s2)cc1. The van der Waals surface area contributed by atoms with Crippen molar-refractivity contribution in [2.24, 2.45) is 0 Å². The first-order valence-electron chi connectivity index (χ1n) is 5.51. The predicted molar refractivity (Wildman–Crippen MR) is 82.6 cm³/mol. The fraction of sp³-hybridized carbons (Fsp3) is 0.0714. The van der Waals surface area contributed by atoms with Gasteiger partial charge in [-0.2, -0.15) is 0 Å². The van der Waals surface area contributed by atoms with Gasteiger partial charge in [0.25, 0.3) is 0 Å². The molecule has 0 atom stereocenters. The largest absolute Gasteiger partial charge is 0.229 e. The molecular formula is C14H10BrNS2. The molecule has 0 amide bonds. The lowest BCUT2D eigenvalue weighted by Crippen LogP contribution is -1.73. The van der Waals surface area contributed by atoms with Gasteiger partial charge in [-0.1, -0.05) is 45.4 Å². The van der Waals surface area contributed by atoms with E-state index in [4.69, 9.17) is 0 Å². The van der Waals surface area contributed by atoms with Crippen molar-refractivity contribution in [3.8, 4) is 0 Å². The molecule has 0 radical (unpaired) electrons. The van der Waals surface area contributed by atoms with Crippen molar-refractivity contribution in [3.63, 3.8) is 0 Å². The molecule has 1 aromatic heterocycles. The van der Waals surface area contributed by atoms with Crippen LogP contribution in [0.2, 0.25) is 0 Å². The molecule has 3 aromatic rings. The molecule has 4 heteroatoms. The molecule has 3 rings (SSSR count). The van der Waals surface area contributed by atoms with Crippen LogP contribution in [0.5, 0.6) is 0 Å². The molecule has 0 aliphatic rings. The first-order chi connectivity index (χ1) is 8.70. The highest BCUT2D eigenvalue weighted by atomic mass is 79.9. The van der Waals surface area contributed by atoms with Crippen LogP contribution in [0.3, 0.4) is 0 Å². The van der Waals surface area contributed by atoms with Crippen LogP contribution < -0.4 is 0 Å². The summed E-state index contributed by atoms with van der Waals surface area (Å²) in [5.41, 5.74) is 2.35. The summed E-state index contributed by atoms with van der Waals surface area (Å²) in [6.07, 6.45) is 0. The van der Waals surface area contributed by atoms with Gasteiger partial charge in [-0.3, -0.25) is 0 Å². The lowest BCUT2D eigenvalue weighted by Gasteiger charge is -1.97. The molecule has 0 unspecified atom stereocenters. The zero-order valence-corrected chi connectivity index (χ0v) is 12.9. The summed E-state index contributed by atoms with van der Waals surface area (Å²) in [5.74, 6) is 0. The van der Waals surface area contributed by atoms with E-state index in [0.717, 1.165) is 14.3 Å². The molecule has 0 spiro atoms. The predicted octanol–water partition coefficient (Wildman–Crippen LogP) is 5.52. The summed E-state index contributed by atoms with van der Waals surface area (Å²) in [5, 5.41) is 0. The van der Waals surface area contributed by atoms with Crippen LogP contribution in [0.25, 0.3) is 10.2 Å². The van der Waals surface area contributed by atoms with Gasteiger partial charge in [-0.25, -0.2) is 4.98 Å². The molecule has 2 aromatic carbocycles. The Labute approximate surface area is 122 Å². The fourth-order valence-corrected chi connectivity index (χ4v) is 4.22. The third-order valence-electron chi connectivity index (χ3n) is 2.56. The maximum Gasteiger partial charge on any atom is 0.155 e. The molecule has 0 N–H and O–H groups in total. The van der Waals surface area contributed by atoms with Gasteiger partial charge in [-0.15, -0.1) is 11.3 Å². The van der Waals surface area contributed by atoms with Crippen molar-refractivity contribution in [2.45, 2.75) is 16.2 Å². The summed E-state index contributed by atoms with van der Waals surface area (Å²) < 4.78 is 3.41. The second-order valence-corrected chi connectivity index (χ2v) is 7.27. The summed E-state index contributed by atoms with van der Waals surface area (Å²) in [4.78, 5) is 5.87. The highest BCUT2D eigenvalue weighted by molar-refractivity contribution is 9.10. The average Bonchev–Trinajstić information content (AvgIpc) is 2.73. The van der Waals surface area contributed by atoms with Gasteiger partial charge in [0.1, 0.15) is 0 Å². The van der Waals surface area contributed by atoms with Gasteiger partial charge in [0.05, 0.1) is 10.2 Å². The monoisotopic (exact) mass is 335 g/mol. The van der Waals surface area contributed by atoms with Crippen molar-refractivity contribution >= 4 is 49.2 Å². The average molecular weight is 336 g/mol. The highest BCUT2D eigenvalue weighted by Gasteiger charge is 2.05. The zero-order chi connectivity index (χ0) is 12.5. The first kappa shape index (κ1) is 12.2. The lowest BCUT2D eigenvalue weighted by atomic mass is 10.2. The normalized spacial score (nSPS) is 11.0. The second-order valence-electron chi connectivity index (χ2n) is 4.01. The highest BCUT2D eigenvalue weighted by Crippen LogP contribution is 2.35. The number of aryl methyl sites for hydroxylation is 1. The molecule has 1 heterocycles. The number of fused-ring (bicyclic) bond motifs is 1. The molecule has 0 fully saturated rings. The molecule has 0 saturated carbocycles. The zero-order valence-electron chi connectivity index (χ0n) is 9.68. The molecule has 1 nitrogen and oxygen atoms in total. The minimum Gasteiger partial charge on any atom is -0.229 e. The topological polar surface area (TPSA) is 12.9 Å². The van der Waals surface area contributed by atoms with Crippen molar-refractivity contribution in [1.29, 1.82) is 0 Å². The molecule has 0 bridgehead atoms. The molecule has 0 aliphatic heterocycles. The Morgan fingerprint density at radius 1 is 1.11 bits per heavy atom. The smallest absolute Gasteiger partial charge is 0.155 e. The summed E-state index contributed by atoms with van der Waals surface area (Å²) in [6, 6.07) is 14.7. The number of hydrogen-bond donors (Lipinski definition) is 0. The van der Waals surface area contributed by atoms with Gasteiger partial charge < -0.3 is 0 Å².